The van der Waals surface area contributed by atoms with Crippen LogP contribution in [0.25, 0.3) is 0 Å². The molecule has 172 valence electrons. The molecule has 2 amide bonds. The second-order valence-electron chi connectivity index (χ2n) is 8.13. The van der Waals surface area contributed by atoms with Crippen molar-refractivity contribution < 1.29 is 23.9 Å². The molecule has 32 heavy (non-hydrogen) atoms. The van der Waals surface area contributed by atoms with Gasteiger partial charge >= 0.3 is 12.1 Å². The lowest BCUT2D eigenvalue weighted by molar-refractivity contribution is -0.145. The highest BCUT2D eigenvalue weighted by Crippen LogP contribution is 2.13. The van der Waals surface area contributed by atoms with Crippen LogP contribution in [0.4, 0.5) is 4.79 Å². The Balaban J connectivity index is 2.04. The van der Waals surface area contributed by atoms with Gasteiger partial charge in [-0.1, -0.05) is 62.4 Å². The van der Waals surface area contributed by atoms with Crippen LogP contribution in [0.15, 0.2) is 48.5 Å². The molecule has 0 aliphatic heterocycles. The minimum Gasteiger partial charge on any atom is -0.467 e. The van der Waals surface area contributed by atoms with Crippen LogP contribution in [0, 0.1) is 19.8 Å². The van der Waals surface area contributed by atoms with Crippen LogP contribution in [0.3, 0.4) is 0 Å². The summed E-state index contributed by atoms with van der Waals surface area (Å²) in [6, 6.07) is 13.4. The number of esters is 1. The lowest BCUT2D eigenvalue weighted by atomic mass is 9.99. The molecule has 0 saturated carbocycles. The summed E-state index contributed by atoms with van der Waals surface area (Å²) >= 11 is 0. The summed E-state index contributed by atoms with van der Waals surface area (Å²) in [5.41, 5.74) is 3.98. The van der Waals surface area contributed by atoms with E-state index in [9.17, 15) is 14.4 Å². The van der Waals surface area contributed by atoms with Gasteiger partial charge in [0.15, 0.2) is 0 Å². The van der Waals surface area contributed by atoms with Crippen molar-refractivity contribution in [3.8, 4) is 0 Å². The standard InChI is InChI=1S/C25H32N2O5/c1-16(2)22(27-25(30)32-15-19-9-7-6-8-10-19)23(28)26-21(24(29)31-5)14-20-12-11-17(3)18(4)13-20/h6-13,16,21-22H,14-15H2,1-5H3,(H,26,28)(H,27,30)/t21-,22-/m1/s1. The summed E-state index contributed by atoms with van der Waals surface area (Å²) < 4.78 is 10.1. The van der Waals surface area contributed by atoms with Crippen LogP contribution in [-0.4, -0.2) is 37.2 Å². The molecule has 0 radical (unpaired) electrons. The van der Waals surface area contributed by atoms with Crippen LogP contribution in [0.5, 0.6) is 0 Å². The SMILES string of the molecule is COC(=O)[C@@H](Cc1ccc(C)c(C)c1)NC(=O)[C@H](NC(=O)OCc1ccccc1)C(C)C. The fraction of sp³-hybridized carbons (Fsp3) is 0.400. The smallest absolute Gasteiger partial charge is 0.408 e. The lowest BCUT2D eigenvalue weighted by Gasteiger charge is -2.24. The van der Waals surface area contributed by atoms with Crippen LogP contribution in [-0.2, 0) is 32.1 Å². The van der Waals surface area contributed by atoms with Crippen molar-refractivity contribution in [2.45, 2.75) is 52.8 Å². The highest BCUT2D eigenvalue weighted by molar-refractivity contribution is 5.90. The van der Waals surface area contributed by atoms with Gasteiger partial charge in [0.05, 0.1) is 7.11 Å². The second kappa shape index (κ2) is 11.9. The van der Waals surface area contributed by atoms with Gasteiger partial charge in [-0.3, -0.25) is 4.79 Å². The second-order valence-corrected chi connectivity index (χ2v) is 8.13. The number of hydrogen-bond donors (Lipinski definition) is 2. The number of alkyl carbamates (subject to hydrolysis) is 1. The first-order chi connectivity index (χ1) is 15.2. The fourth-order valence-electron chi connectivity index (χ4n) is 3.19. The molecule has 0 aromatic heterocycles. The number of carbonyl (C=O) groups excluding carboxylic acids is 3. The maximum atomic E-state index is 12.9. The van der Waals surface area contributed by atoms with E-state index in [0.29, 0.717) is 0 Å². The van der Waals surface area contributed by atoms with Crippen LogP contribution in [0.2, 0.25) is 0 Å². The number of amides is 2. The molecule has 2 atom stereocenters. The summed E-state index contributed by atoms with van der Waals surface area (Å²) in [6.45, 7) is 7.70. The van der Waals surface area contributed by atoms with E-state index in [1.165, 1.54) is 7.11 Å². The number of rotatable bonds is 9. The van der Waals surface area contributed by atoms with E-state index in [4.69, 9.17) is 9.47 Å². The van der Waals surface area contributed by atoms with E-state index in [1.54, 1.807) is 13.8 Å². The van der Waals surface area contributed by atoms with E-state index in [-0.39, 0.29) is 18.9 Å². The molecule has 0 heterocycles. The van der Waals surface area contributed by atoms with Gasteiger partial charge in [0.25, 0.3) is 0 Å². The normalized spacial score (nSPS) is 12.6. The first kappa shape index (κ1) is 24.9. The van der Waals surface area contributed by atoms with E-state index in [2.05, 4.69) is 10.6 Å². The molecule has 0 unspecified atom stereocenters. The number of carbonyl (C=O) groups is 3. The zero-order valence-corrected chi connectivity index (χ0v) is 19.3. The Kier molecular flexibility index (Phi) is 9.25. The van der Waals surface area contributed by atoms with Gasteiger partial charge in [0, 0.05) is 6.42 Å². The molecule has 0 saturated heterocycles. The van der Waals surface area contributed by atoms with Crippen molar-refractivity contribution in [3.05, 3.63) is 70.8 Å². The minimum atomic E-state index is -0.877. The third-order valence-electron chi connectivity index (χ3n) is 5.25. The quantitative estimate of drug-likeness (QED) is 0.583. The van der Waals surface area contributed by atoms with E-state index in [0.717, 1.165) is 22.3 Å². The van der Waals surface area contributed by atoms with Crippen molar-refractivity contribution in [1.82, 2.24) is 10.6 Å². The first-order valence-corrected chi connectivity index (χ1v) is 10.6. The minimum absolute atomic E-state index is 0.0939. The summed E-state index contributed by atoms with van der Waals surface area (Å²) in [4.78, 5) is 37.5. The Morgan fingerprint density at radius 2 is 1.59 bits per heavy atom. The van der Waals surface area contributed by atoms with E-state index in [1.807, 2.05) is 62.4 Å². The van der Waals surface area contributed by atoms with Gasteiger partial charge < -0.3 is 20.1 Å². The topological polar surface area (TPSA) is 93.7 Å². The maximum absolute atomic E-state index is 12.9. The molecule has 0 spiro atoms. The highest BCUT2D eigenvalue weighted by atomic mass is 16.5. The van der Waals surface area contributed by atoms with Crippen molar-refractivity contribution in [2.24, 2.45) is 5.92 Å². The molecule has 2 aromatic rings. The van der Waals surface area contributed by atoms with Gasteiger partial charge in [-0.25, -0.2) is 9.59 Å². The Bertz CT molecular complexity index is 927. The van der Waals surface area contributed by atoms with Gasteiger partial charge in [0.2, 0.25) is 5.91 Å². The summed E-state index contributed by atoms with van der Waals surface area (Å²) in [6.07, 6.45) is -0.422. The molecular weight excluding hydrogens is 408 g/mol. The molecule has 0 aliphatic carbocycles. The van der Waals surface area contributed by atoms with E-state index >= 15 is 0 Å². The zero-order chi connectivity index (χ0) is 23.7. The monoisotopic (exact) mass is 440 g/mol. The summed E-state index contributed by atoms with van der Waals surface area (Å²) in [7, 11) is 1.28. The molecule has 7 nitrogen and oxygen atoms in total. The van der Waals surface area contributed by atoms with Crippen LogP contribution in [0.1, 0.15) is 36.1 Å². The van der Waals surface area contributed by atoms with Crippen LogP contribution < -0.4 is 10.6 Å². The Morgan fingerprint density at radius 3 is 2.19 bits per heavy atom. The number of nitrogens with one attached hydrogen (secondary N) is 2. The number of methoxy groups -OCH3 is 1. The van der Waals surface area contributed by atoms with Crippen molar-refractivity contribution in [3.63, 3.8) is 0 Å². The molecular formula is C25H32N2O5. The molecule has 0 fully saturated rings. The van der Waals surface area contributed by atoms with Crippen molar-refractivity contribution in [2.75, 3.05) is 7.11 Å². The fourth-order valence-corrected chi connectivity index (χ4v) is 3.19. The largest absolute Gasteiger partial charge is 0.467 e. The molecule has 0 bridgehead atoms. The maximum Gasteiger partial charge on any atom is 0.408 e. The zero-order valence-electron chi connectivity index (χ0n) is 19.3. The molecule has 2 rings (SSSR count). The number of aryl methyl sites for hydroxylation is 2. The van der Waals surface area contributed by atoms with Gasteiger partial charge in [-0.05, 0) is 42.0 Å². The Hall–Kier alpha value is -3.35. The third-order valence-corrected chi connectivity index (χ3v) is 5.25. The Morgan fingerprint density at radius 1 is 0.906 bits per heavy atom. The van der Waals surface area contributed by atoms with Crippen molar-refractivity contribution >= 4 is 18.0 Å². The predicted octanol–water partition coefficient (Wildman–Crippen LogP) is 3.45. The predicted molar refractivity (Wildman–Crippen MR) is 122 cm³/mol. The summed E-state index contributed by atoms with van der Waals surface area (Å²) in [5, 5.41) is 5.33. The average Bonchev–Trinajstić information content (AvgIpc) is 2.77. The van der Waals surface area contributed by atoms with Crippen LogP contribution >= 0.6 is 0 Å². The van der Waals surface area contributed by atoms with Gasteiger partial charge in [-0.2, -0.15) is 0 Å². The summed E-state index contributed by atoms with van der Waals surface area (Å²) in [5.74, 6) is -1.25. The highest BCUT2D eigenvalue weighted by Gasteiger charge is 2.30. The number of benzene rings is 2. The molecule has 0 aliphatic rings. The third kappa shape index (κ3) is 7.41. The molecule has 2 aromatic carbocycles. The lowest BCUT2D eigenvalue weighted by Crippen LogP contribution is -2.54. The van der Waals surface area contributed by atoms with Gasteiger partial charge in [0.1, 0.15) is 18.7 Å². The molecule has 7 heteroatoms. The van der Waals surface area contributed by atoms with Crippen molar-refractivity contribution in [1.29, 1.82) is 0 Å². The van der Waals surface area contributed by atoms with Gasteiger partial charge in [-0.15, -0.1) is 0 Å². The first-order valence-electron chi connectivity index (χ1n) is 10.6. The Labute approximate surface area is 189 Å². The van der Waals surface area contributed by atoms with E-state index < -0.39 is 30.1 Å². The molecule has 2 N–H and O–H groups in total. The number of hydrogen-bond acceptors (Lipinski definition) is 5. The number of ether oxygens (including phenoxy) is 2. The average molecular weight is 441 g/mol.